The van der Waals surface area contributed by atoms with Gasteiger partial charge in [-0.05, 0) is 24.7 Å². The smallest absolute Gasteiger partial charge is 0.270 e. The standard InChI is InChI=1S/C13H15N5O3S/c1-2-3-6-14-13(22)17-16-11-9-7-8(18(20)21)4-5-10(9)15-12(11)19/h4-5,7,15,19H,2-3,6H2,1H3,(H,14,22). The van der Waals surface area contributed by atoms with E-state index in [1.165, 1.54) is 18.2 Å². The zero-order valence-electron chi connectivity index (χ0n) is 11.9. The maximum Gasteiger partial charge on any atom is 0.270 e. The fourth-order valence-electron chi connectivity index (χ4n) is 1.87. The number of hydrogen-bond acceptors (Lipinski definition) is 5. The molecule has 9 heteroatoms. The summed E-state index contributed by atoms with van der Waals surface area (Å²) in [7, 11) is 0. The predicted molar refractivity (Wildman–Crippen MR) is 86.6 cm³/mol. The van der Waals surface area contributed by atoms with Gasteiger partial charge >= 0.3 is 0 Å². The van der Waals surface area contributed by atoms with Crippen LogP contribution < -0.4 is 5.32 Å². The van der Waals surface area contributed by atoms with E-state index in [2.05, 4.69) is 27.5 Å². The van der Waals surface area contributed by atoms with E-state index >= 15 is 0 Å². The Labute approximate surface area is 131 Å². The molecule has 1 aromatic heterocycles. The predicted octanol–water partition coefficient (Wildman–Crippen LogP) is 3.54. The second-order valence-corrected chi connectivity index (χ2v) is 4.98. The van der Waals surface area contributed by atoms with E-state index in [0.717, 1.165) is 12.8 Å². The van der Waals surface area contributed by atoms with Crippen molar-refractivity contribution in [2.45, 2.75) is 19.8 Å². The maximum atomic E-state index is 10.8. The van der Waals surface area contributed by atoms with Crippen molar-refractivity contribution < 1.29 is 10.0 Å². The molecule has 0 atom stereocenters. The molecule has 0 radical (unpaired) electrons. The fraction of sp³-hybridized carbons (Fsp3) is 0.308. The molecule has 0 aliphatic rings. The summed E-state index contributed by atoms with van der Waals surface area (Å²) in [5, 5.41) is 31.9. The number of unbranched alkanes of at least 4 members (excludes halogenated alkanes) is 1. The van der Waals surface area contributed by atoms with Crippen LogP contribution >= 0.6 is 12.2 Å². The SMILES string of the molecule is CCCCNC(=S)N=Nc1c(O)[nH]c2ccc([N+](=O)[O-])cc12. The Balaban J connectivity index is 2.26. The Morgan fingerprint density at radius 3 is 3.00 bits per heavy atom. The number of benzene rings is 1. The number of aromatic amines is 1. The van der Waals surface area contributed by atoms with Crippen LogP contribution in [0.2, 0.25) is 0 Å². The van der Waals surface area contributed by atoms with Gasteiger partial charge in [-0.2, -0.15) is 0 Å². The highest BCUT2D eigenvalue weighted by Gasteiger charge is 2.14. The largest absolute Gasteiger partial charge is 0.493 e. The van der Waals surface area contributed by atoms with Gasteiger partial charge in [-0.3, -0.25) is 10.1 Å². The number of non-ortho nitro benzene ring substituents is 1. The van der Waals surface area contributed by atoms with Gasteiger partial charge in [-0.1, -0.05) is 13.3 Å². The van der Waals surface area contributed by atoms with Crippen molar-refractivity contribution in [1.82, 2.24) is 10.3 Å². The highest BCUT2D eigenvalue weighted by molar-refractivity contribution is 7.80. The van der Waals surface area contributed by atoms with Crippen LogP contribution in [0.15, 0.2) is 28.4 Å². The zero-order valence-corrected chi connectivity index (χ0v) is 12.7. The van der Waals surface area contributed by atoms with E-state index < -0.39 is 4.92 Å². The molecular weight excluding hydrogens is 306 g/mol. The van der Waals surface area contributed by atoms with Crippen LogP contribution in [0, 0.1) is 10.1 Å². The van der Waals surface area contributed by atoms with Gasteiger partial charge in [-0.25, -0.2) is 0 Å². The fourth-order valence-corrected chi connectivity index (χ4v) is 2.01. The summed E-state index contributed by atoms with van der Waals surface area (Å²) in [5.74, 6) is -0.212. The van der Waals surface area contributed by atoms with Gasteiger partial charge < -0.3 is 15.4 Å². The molecule has 116 valence electrons. The Morgan fingerprint density at radius 2 is 2.32 bits per heavy atom. The minimum Gasteiger partial charge on any atom is -0.493 e. The molecule has 1 aromatic carbocycles. The lowest BCUT2D eigenvalue weighted by molar-refractivity contribution is -0.384. The molecule has 8 nitrogen and oxygen atoms in total. The van der Waals surface area contributed by atoms with Crippen LogP contribution in [-0.2, 0) is 0 Å². The maximum absolute atomic E-state index is 10.8. The first kappa shape index (κ1) is 15.8. The van der Waals surface area contributed by atoms with Crippen molar-refractivity contribution in [3.63, 3.8) is 0 Å². The third-order valence-corrected chi connectivity index (χ3v) is 3.22. The molecule has 22 heavy (non-hydrogen) atoms. The first-order valence-corrected chi connectivity index (χ1v) is 7.12. The number of azo groups is 1. The number of nitro groups is 1. The van der Waals surface area contributed by atoms with Crippen molar-refractivity contribution in [2.24, 2.45) is 10.2 Å². The molecule has 0 unspecified atom stereocenters. The van der Waals surface area contributed by atoms with E-state index in [1.807, 2.05) is 0 Å². The Hall–Kier alpha value is -2.55. The summed E-state index contributed by atoms with van der Waals surface area (Å²) >= 11 is 5.00. The lowest BCUT2D eigenvalue weighted by Crippen LogP contribution is -2.19. The summed E-state index contributed by atoms with van der Waals surface area (Å²) in [4.78, 5) is 13.0. The van der Waals surface area contributed by atoms with E-state index in [1.54, 1.807) is 0 Å². The number of aromatic hydroxyl groups is 1. The summed E-state index contributed by atoms with van der Waals surface area (Å²) in [6, 6.07) is 4.17. The van der Waals surface area contributed by atoms with Gasteiger partial charge in [0, 0.05) is 24.1 Å². The highest BCUT2D eigenvalue weighted by Crippen LogP contribution is 2.37. The van der Waals surface area contributed by atoms with Gasteiger partial charge in [0.15, 0.2) is 5.69 Å². The van der Waals surface area contributed by atoms with Crippen LogP contribution in [0.4, 0.5) is 11.4 Å². The summed E-state index contributed by atoms with van der Waals surface area (Å²) in [6.45, 7) is 2.75. The van der Waals surface area contributed by atoms with E-state index in [9.17, 15) is 15.2 Å². The number of fused-ring (bicyclic) bond motifs is 1. The number of H-pyrrole nitrogens is 1. The van der Waals surface area contributed by atoms with Crippen LogP contribution in [0.5, 0.6) is 5.88 Å². The number of nitrogens with one attached hydrogen (secondary N) is 2. The number of aromatic nitrogens is 1. The highest BCUT2D eigenvalue weighted by atomic mass is 32.1. The lowest BCUT2D eigenvalue weighted by atomic mass is 10.2. The average Bonchev–Trinajstić information content (AvgIpc) is 2.80. The monoisotopic (exact) mass is 321 g/mol. The molecule has 2 aromatic rings. The van der Waals surface area contributed by atoms with Crippen molar-refractivity contribution in [2.75, 3.05) is 6.54 Å². The summed E-state index contributed by atoms with van der Waals surface area (Å²) in [5.41, 5.74) is 0.562. The van der Waals surface area contributed by atoms with E-state index in [-0.39, 0.29) is 22.4 Å². The van der Waals surface area contributed by atoms with Crippen molar-refractivity contribution in [3.8, 4) is 5.88 Å². The number of thiocarbonyl (C=S) groups is 1. The Morgan fingerprint density at radius 1 is 1.55 bits per heavy atom. The third kappa shape index (κ3) is 3.55. The third-order valence-electron chi connectivity index (χ3n) is 2.99. The molecule has 0 aliphatic carbocycles. The first-order valence-electron chi connectivity index (χ1n) is 6.71. The molecule has 0 bridgehead atoms. The average molecular weight is 321 g/mol. The van der Waals surface area contributed by atoms with Crippen molar-refractivity contribution in [1.29, 1.82) is 0 Å². The number of rotatable bonds is 5. The van der Waals surface area contributed by atoms with E-state index in [0.29, 0.717) is 17.4 Å². The van der Waals surface area contributed by atoms with Crippen molar-refractivity contribution in [3.05, 3.63) is 28.3 Å². The number of nitro benzene ring substituents is 1. The summed E-state index contributed by atoms with van der Waals surface area (Å²) < 4.78 is 0. The second kappa shape index (κ2) is 6.94. The lowest BCUT2D eigenvalue weighted by Gasteiger charge is -2.00. The molecule has 0 amide bonds. The Bertz CT molecular complexity index is 741. The molecule has 0 saturated heterocycles. The van der Waals surface area contributed by atoms with Gasteiger partial charge in [0.05, 0.1) is 10.4 Å². The quantitative estimate of drug-likeness (QED) is 0.256. The molecule has 0 fully saturated rings. The summed E-state index contributed by atoms with van der Waals surface area (Å²) in [6.07, 6.45) is 1.99. The van der Waals surface area contributed by atoms with E-state index in [4.69, 9.17) is 12.2 Å². The molecular formula is C13H15N5O3S. The number of nitrogens with zero attached hydrogens (tertiary/aromatic N) is 3. The normalized spacial score (nSPS) is 11.1. The Kier molecular flexibility index (Phi) is 4.99. The van der Waals surface area contributed by atoms with Crippen LogP contribution in [0.25, 0.3) is 10.9 Å². The van der Waals surface area contributed by atoms with Gasteiger partial charge in [-0.15, -0.1) is 10.2 Å². The number of hydrogen-bond donors (Lipinski definition) is 3. The van der Waals surface area contributed by atoms with Crippen molar-refractivity contribution >= 4 is 39.6 Å². The molecule has 0 saturated carbocycles. The molecule has 2 rings (SSSR count). The molecule has 0 aliphatic heterocycles. The second-order valence-electron chi connectivity index (χ2n) is 4.59. The van der Waals surface area contributed by atoms with Gasteiger partial charge in [0.25, 0.3) is 5.69 Å². The van der Waals surface area contributed by atoms with Gasteiger partial charge in [0.1, 0.15) is 0 Å². The topological polar surface area (TPSA) is 116 Å². The van der Waals surface area contributed by atoms with Crippen LogP contribution in [0.3, 0.4) is 0 Å². The minimum absolute atomic E-state index is 0.0911. The van der Waals surface area contributed by atoms with Crippen LogP contribution in [-0.4, -0.2) is 26.7 Å². The van der Waals surface area contributed by atoms with Crippen LogP contribution in [0.1, 0.15) is 19.8 Å². The molecule has 0 spiro atoms. The molecule has 1 heterocycles. The van der Waals surface area contributed by atoms with Gasteiger partial charge in [0.2, 0.25) is 11.0 Å². The minimum atomic E-state index is -0.513. The first-order chi connectivity index (χ1) is 10.5. The zero-order chi connectivity index (χ0) is 16.1. The molecule has 3 N–H and O–H groups in total.